The largest absolute Gasteiger partial charge is 0.373 e. The van der Waals surface area contributed by atoms with Crippen molar-refractivity contribution >= 4 is 0 Å². The molecule has 6 nitrogen and oxygen atoms in total. The van der Waals surface area contributed by atoms with Crippen molar-refractivity contribution in [3.8, 4) is 17.7 Å². The van der Waals surface area contributed by atoms with Gasteiger partial charge in [-0.25, -0.2) is 0 Å². The molecule has 0 saturated carbocycles. The Hall–Kier alpha value is -2.13. The van der Waals surface area contributed by atoms with Gasteiger partial charge in [-0.3, -0.25) is 0 Å². The fourth-order valence-corrected chi connectivity index (χ4v) is 1.92. The second-order valence-corrected chi connectivity index (χ2v) is 4.31. The lowest BCUT2D eigenvalue weighted by atomic mass is 10.2. The lowest BCUT2D eigenvalue weighted by Gasteiger charge is -2.08. The fraction of sp³-hybridized carbons (Fsp3) is 0.462. The molecule has 0 aliphatic carbocycles. The van der Waals surface area contributed by atoms with Gasteiger partial charge in [-0.1, -0.05) is 18.5 Å². The highest BCUT2D eigenvalue weighted by Gasteiger charge is 2.19. The topological polar surface area (TPSA) is 76.9 Å². The van der Waals surface area contributed by atoms with Crippen molar-refractivity contribution in [1.29, 1.82) is 5.26 Å². The lowest BCUT2D eigenvalue weighted by molar-refractivity contribution is 0.0854. The summed E-state index contributed by atoms with van der Waals surface area (Å²) in [6.45, 7) is 2.07. The zero-order valence-electron chi connectivity index (χ0n) is 11.3. The van der Waals surface area contributed by atoms with E-state index in [1.807, 2.05) is 7.05 Å². The van der Waals surface area contributed by atoms with Crippen LogP contribution in [0.1, 0.15) is 37.3 Å². The minimum atomic E-state index is -0.154. The minimum Gasteiger partial charge on any atom is -0.373 e. The van der Waals surface area contributed by atoms with Gasteiger partial charge in [0.05, 0.1) is 5.56 Å². The first kappa shape index (κ1) is 13.3. The van der Waals surface area contributed by atoms with Crippen molar-refractivity contribution < 1.29 is 9.26 Å². The molecule has 2 rings (SSSR count). The minimum absolute atomic E-state index is 0.154. The Morgan fingerprint density at radius 2 is 2.37 bits per heavy atom. The number of ether oxygens (including phenoxy) is 1. The molecule has 0 fully saturated rings. The van der Waals surface area contributed by atoms with E-state index in [1.54, 1.807) is 23.9 Å². The van der Waals surface area contributed by atoms with Crippen LogP contribution in [0.25, 0.3) is 11.6 Å². The molecule has 2 aromatic rings. The molecule has 2 heterocycles. The predicted octanol–water partition coefficient (Wildman–Crippen LogP) is 2.43. The lowest BCUT2D eigenvalue weighted by Crippen LogP contribution is -2.03. The molecular weight excluding hydrogens is 244 g/mol. The van der Waals surface area contributed by atoms with Gasteiger partial charge in [0.1, 0.15) is 17.9 Å². The second-order valence-electron chi connectivity index (χ2n) is 4.31. The van der Waals surface area contributed by atoms with Crippen LogP contribution in [0.4, 0.5) is 0 Å². The number of hydrogen-bond donors (Lipinski definition) is 0. The Labute approximate surface area is 111 Å². The summed E-state index contributed by atoms with van der Waals surface area (Å²) >= 11 is 0. The Morgan fingerprint density at radius 1 is 1.58 bits per heavy atom. The zero-order valence-corrected chi connectivity index (χ0v) is 11.3. The maximum Gasteiger partial charge on any atom is 0.274 e. The molecule has 0 spiro atoms. The molecule has 0 aromatic carbocycles. The Balaban J connectivity index is 2.30. The van der Waals surface area contributed by atoms with Gasteiger partial charge >= 0.3 is 0 Å². The first-order chi connectivity index (χ1) is 9.19. The van der Waals surface area contributed by atoms with E-state index in [2.05, 4.69) is 23.1 Å². The molecule has 6 heteroatoms. The van der Waals surface area contributed by atoms with E-state index in [0.29, 0.717) is 17.3 Å². The molecule has 100 valence electrons. The van der Waals surface area contributed by atoms with Crippen LogP contribution in [0.2, 0.25) is 0 Å². The van der Waals surface area contributed by atoms with Crippen molar-refractivity contribution in [2.45, 2.75) is 25.9 Å². The molecule has 0 amide bonds. The van der Waals surface area contributed by atoms with Crippen LogP contribution < -0.4 is 0 Å². The number of methoxy groups -OCH3 is 1. The average molecular weight is 260 g/mol. The van der Waals surface area contributed by atoms with Gasteiger partial charge in [0.15, 0.2) is 0 Å². The molecule has 2 aromatic heterocycles. The summed E-state index contributed by atoms with van der Waals surface area (Å²) < 4.78 is 12.4. The third-order valence-corrected chi connectivity index (χ3v) is 2.92. The Morgan fingerprint density at radius 3 is 2.95 bits per heavy atom. The summed E-state index contributed by atoms with van der Waals surface area (Å²) in [6, 6.07) is 3.80. The smallest absolute Gasteiger partial charge is 0.274 e. The highest BCUT2D eigenvalue weighted by Crippen LogP contribution is 2.24. The van der Waals surface area contributed by atoms with E-state index in [4.69, 9.17) is 14.5 Å². The van der Waals surface area contributed by atoms with Crippen molar-refractivity contribution in [2.75, 3.05) is 7.11 Å². The van der Waals surface area contributed by atoms with Gasteiger partial charge in [0.25, 0.3) is 5.89 Å². The number of rotatable bonds is 5. The summed E-state index contributed by atoms with van der Waals surface area (Å²) in [5.41, 5.74) is 1.29. The molecule has 0 aliphatic heterocycles. The maximum atomic E-state index is 8.87. The van der Waals surface area contributed by atoms with Crippen LogP contribution >= 0.6 is 0 Å². The van der Waals surface area contributed by atoms with Crippen LogP contribution in [0.15, 0.2) is 16.8 Å². The number of aromatic nitrogens is 3. The standard InChI is InChI=1S/C13H16N4O2/c1-4-5-11(18-3)12-15-13(19-16-12)10-6-9(7-14)8-17(10)2/h6,8,11H,4-5H2,1-3H3. The quantitative estimate of drug-likeness (QED) is 0.825. The van der Waals surface area contributed by atoms with Crippen LogP contribution in [0.3, 0.4) is 0 Å². The van der Waals surface area contributed by atoms with E-state index < -0.39 is 0 Å². The average Bonchev–Trinajstić information content (AvgIpc) is 3.02. The molecule has 0 N–H and O–H groups in total. The molecule has 0 bridgehead atoms. The second kappa shape index (κ2) is 5.67. The van der Waals surface area contributed by atoms with Crippen molar-refractivity contribution in [1.82, 2.24) is 14.7 Å². The van der Waals surface area contributed by atoms with Gasteiger partial charge in [0.2, 0.25) is 5.82 Å². The molecule has 0 radical (unpaired) electrons. The number of nitrogens with zero attached hydrogens (tertiary/aromatic N) is 4. The van der Waals surface area contributed by atoms with Crippen molar-refractivity contribution in [3.63, 3.8) is 0 Å². The van der Waals surface area contributed by atoms with E-state index in [1.165, 1.54) is 0 Å². The highest BCUT2D eigenvalue weighted by molar-refractivity contribution is 5.52. The third-order valence-electron chi connectivity index (χ3n) is 2.92. The molecule has 1 unspecified atom stereocenters. The highest BCUT2D eigenvalue weighted by atomic mass is 16.5. The van der Waals surface area contributed by atoms with Crippen molar-refractivity contribution in [3.05, 3.63) is 23.7 Å². The molecule has 0 saturated heterocycles. The van der Waals surface area contributed by atoms with Gasteiger partial charge < -0.3 is 13.8 Å². The van der Waals surface area contributed by atoms with E-state index in [9.17, 15) is 0 Å². The van der Waals surface area contributed by atoms with Gasteiger partial charge in [0, 0.05) is 20.4 Å². The van der Waals surface area contributed by atoms with E-state index >= 15 is 0 Å². The van der Waals surface area contributed by atoms with Gasteiger partial charge in [-0.05, 0) is 12.5 Å². The van der Waals surface area contributed by atoms with E-state index in [0.717, 1.165) is 18.5 Å². The predicted molar refractivity (Wildman–Crippen MR) is 68.1 cm³/mol. The zero-order chi connectivity index (χ0) is 13.8. The van der Waals surface area contributed by atoms with Gasteiger partial charge in [-0.15, -0.1) is 0 Å². The van der Waals surface area contributed by atoms with Crippen LogP contribution in [-0.2, 0) is 11.8 Å². The summed E-state index contributed by atoms with van der Waals surface area (Å²) in [6.07, 6.45) is 3.38. The number of aryl methyl sites for hydroxylation is 1. The van der Waals surface area contributed by atoms with Crippen LogP contribution in [0, 0.1) is 11.3 Å². The maximum absolute atomic E-state index is 8.87. The van der Waals surface area contributed by atoms with Gasteiger partial charge in [-0.2, -0.15) is 10.2 Å². The first-order valence-corrected chi connectivity index (χ1v) is 6.12. The monoisotopic (exact) mass is 260 g/mol. The molecule has 1 atom stereocenters. The summed E-state index contributed by atoms with van der Waals surface area (Å²) in [7, 11) is 3.46. The summed E-state index contributed by atoms with van der Waals surface area (Å²) in [5, 5.41) is 12.8. The van der Waals surface area contributed by atoms with Crippen LogP contribution in [0.5, 0.6) is 0 Å². The number of hydrogen-bond acceptors (Lipinski definition) is 5. The number of nitriles is 1. The fourth-order valence-electron chi connectivity index (χ4n) is 1.92. The Bertz CT molecular complexity index is 594. The van der Waals surface area contributed by atoms with Crippen molar-refractivity contribution in [2.24, 2.45) is 7.05 Å². The summed E-state index contributed by atoms with van der Waals surface area (Å²) in [4.78, 5) is 4.35. The molecule has 19 heavy (non-hydrogen) atoms. The van der Waals surface area contributed by atoms with Crippen LogP contribution in [-0.4, -0.2) is 21.8 Å². The molecule has 0 aliphatic rings. The third kappa shape index (κ3) is 2.66. The normalized spacial score (nSPS) is 12.3. The Kier molecular flexibility index (Phi) is 3.97. The molecular formula is C13H16N4O2. The summed E-state index contributed by atoms with van der Waals surface area (Å²) in [5.74, 6) is 0.941. The van der Waals surface area contributed by atoms with E-state index in [-0.39, 0.29) is 6.10 Å². The first-order valence-electron chi connectivity index (χ1n) is 6.12. The SMILES string of the molecule is CCCC(OC)c1noc(-c2cc(C#N)cn2C)n1.